The Morgan fingerprint density at radius 1 is 1.43 bits per heavy atom. The van der Waals surface area contributed by atoms with E-state index < -0.39 is 17.5 Å². The molecule has 1 aromatic rings. The van der Waals surface area contributed by atoms with Gasteiger partial charge in [-0.2, -0.15) is 0 Å². The number of ether oxygens (including phenoxy) is 1. The number of benzene rings is 1. The van der Waals surface area contributed by atoms with E-state index in [0.717, 1.165) is 0 Å². The third-order valence-corrected chi connectivity index (χ3v) is 3.78. The molecule has 1 aliphatic heterocycles. The molecule has 0 radical (unpaired) electrons. The number of nitrogens with zero attached hydrogens (tertiary/aromatic N) is 1. The van der Waals surface area contributed by atoms with Crippen molar-refractivity contribution < 1.29 is 19.4 Å². The van der Waals surface area contributed by atoms with E-state index in [9.17, 15) is 14.7 Å². The van der Waals surface area contributed by atoms with Crippen LogP contribution in [0, 0.1) is 0 Å². The van der Waals surface area contributed by atoms with E-state index >= 15 is 0 Å². The maximum atomic E-state index is 12.4. The van der Waals surface area contributed by atoms with Gasteiger partial charge >= 0.3 is 12.0 Å². The van der Waals surface area contributed by atoms with Gasteiger partial charge in [0, 0.05) is 6.54 Å². The van der Waals surface area contributed by atoms with Crippen LogP contribution in [0.2, 0.25) is 0 Å². The average molecular weight is 292 g/mol. The minimum atomic E-state index is -1.15. The van der Waals surface area contributed by atoms with Gasteiger partial charge in [0.15, 0.2) is 0 Å². The monoisotopic (exact) mass is 292 g/mol. The van der Waals surface area contributed by atoms with Crippen molar-refractivity contribution >= 4 is 17.7 Å². The summed E-state index contributed by atoms with van der Waals surface area (Å²) in [5, 5.41) is 12.1. The highest BCUT2D eigenvalue weighted by molar-refractivity contribution is 5.95. The van der Waals surface area contributed by atoms with Gasteiger partial charge in [-0.3, -0.25) is 0 Å². The van der Waals surface area contributed by atoms with Crippen molar-refractivity contribution in [1.82, 2.24) is 4.90 Å². The van der Waals surface area contributed by atoms with Crippen molar-refractivity contribution in [3.63, 3.8) is 0 Å². The maximum Gasteiger partial charge on any atom is 0.329 e. The molecule has 2 amide bonds. The first kappa shape index (κ1) is 15.2. The molecule has 1 aliphatic rings. The van der Waals surface area contributed by atoms with E-state index in [1.165, 1.54) is 4.90 Å². The molecule has 2 N–H and O–H groups in total. The van der Waals surface area contributed by atoms with Crippen molar-refractivity contribution in [1.29, 1.82) is 0 Å². The maximum absolute atomic E-state index is 12.4. The lowest BCUT2D eigenvalue weighted by molar-refractivity contribution is -0.146. The van der Waals surface area contributed by atoms with Crippen LogP contribution in [0.25, 0.3) is 0 Å². The van der Waals surface area contributed by atoms with E-state index in [-0.39, 0.29) is 0 Å². The van der Waals surface area contributed by atoms with Gasteiger partial charge in [-0.1, -0.05) is 12.1 Å². The van der Waals surface area contributed by atoms with Crippen LogP contribution in [0.4, 0.5) is 10.5 Å². The number of hydrogen-bond acceptors (Lipinski definition) is 3. The van der Waals surface area contributed by atoms with Crippen molar-refractivity contribution in [2.24, 2.45) is 0 Å². The molecule has 1 unspecified atom stereocenters. The summed E-state index contributed by atoms with van der Waals surface area (Å²) in [6.45, 7) is 4.37. The molecule has 0 spiro atoms. The van der Waals surface area contributed by atoms with Crippen LogP contribution in [0.1, 0.15) is 26.7 Å². The summed E-state index contributed by atoms with van der Waals surface area (Å²) >= 11 is 0. The van der Waals surface area contributed by atoms with Crippen LogP contribution in [0.5, 0.6) is 5.75 Å². The highest BCUT2D eigenvalue weighted by atomic mass is 16.5. The minimum absolute atomic E-state index is 0.412. The number of carboxylic acid groups (broad SMARTS) is 1. The number of aliphatic carboxylic acids is 1. The standard InChI is InChI=1S/C15H20N2O4/c1-3-21-12-8-5-4-7-11(12)16-14(20)17-10-6-9-15(17,2)13(18)19/h4-5,7-8H,3,6,9-10H2,1-2H3,(H,16,20)(H,18,19). The van der Waals surface area contributed by atoms with Crippen molar-refractivity contribution in [2.45, 2.75) is 32.2 Å². The van der Waals surface area contributed by atoms with Crippen LogP contribution in [0.3, 0.4) is 0 Å². The Balaban J connectivity index is 2.17. The number of carboxylic acids is 1. The van der Waals surface area contributed by atoms with Gasteiger partial charge < -0.3 is 20.1 Å². The van der Waals surface area contributed by atoms with E-state index in [1.807, 2.05) is 13.0 Å². The Kier molecular flexibility index (Phi) is 4.35. The first-order valence-electron chi connectivity index (χ1n) is 7.03. The second kappa shape index (κ2) is 6.03. The van der Waals surface area contributed by atoms with Gasteiger partial charge in [0.05, 0.1) is 12.3 Å². The predicted molar refractivity (Wildman–Crippen MR) is 78.6 cm³/mol. The highest BCUT2D eigenvalue weighted by Crippen LogP contribution is 2.31. The van der Waals surface area contributed by atoms with Crippen LogP contribution < -0.4 is 10.1 Å². The lowest BCUT2D eigenvalue weighted by atomic mass is 10.00. The number of anilines is 1. The van der Waals surface area contributed by atoms with E-state index in [0.29, 0.717) is 37.4 Å². The average Bonchev–Trinajstić information content (AvgIpc) is 2.85. The van der Waals surface area contributed by atoms with Crippen LogP contribution in [-0.4, -0.2) is 40.7 Å². The molecule has 0 aromatic heterocycles. The molecule has 0 saturated carbocycles. The second-order valence-electron chi connectivity index (χ2n) is 5.19. The molecule has 6 heteroatoms. The third-order valence-electron chi connectivity index (χ3n) is 3.78. The van der Waals surface area contributed by atoms with Gasteiger partial charge in [-0.25, -0.2) is 9.59 Å². The van der Waals surface area contributed by atoms with E-state index in [4.69, 9.17) is 4.74 Å². The van der Waals surface area contributed by atoms with Gasteiger partial charge in [-0.15, -0.1) is 0 Å². The molecule has 1 fully saturated rings. The summed E-state index contributed by atoms with van der Waals surface area (Å²) < 4.78 is 5.45. The predicted octanol–water partition coefficient (Wildman–Crippen LogP) is 2.56. The molecular weight excluding hydrogens is 272 g/mol. The highest BCUT2D eigenvalue weighted by Gasteiger charge is 2.46. The van der Waals surface area contributed by atoms with Gasteiger partial charge in [0.25, 0.3) is 0 Å². The summed E-state index contributed by atoms with van der Waals surface area (Å²) in [7, 11) is 0. The number of carbonyl (C=O) groups excluding carboxylic acids is 1. The SMILES string of the molecule is CCOc1ccccc1NC(=O)N1CCCC1(C)C(=O)O. The zero-order chi connectivity index (χ0) is 15.5. The molecule has 2 rings (SSSR count). The summed E-state index contributed by atoms with van der Waals surface area (Å²) in [5.41, 5.74) is -0.603. The lowest BCUT2D eigenvalue weighted by Gasteiger charge is -2.31. The molecular formula is C15H20N2O4. The minimum Gasteiger partial charge on any atom is -0.492 e. The molecule has 1 saturated heterocycles. The third kappa shape index (κ3) is 2.94. The van der Waals surface area contributed by atoms with Crippen molar-refractivity contribution in [3.8, 4) is 5.75 Å². The fraction of sp³-hybridized carbons (Fsp3) is 0.467. The van der Waals surface area contributed by atoms with Crippen molar-refractivity contribution in [3.05, 3.63) is 24.3 Å². The number of nitrogens with one attached hydrogen (secondary N) is 1. The summed E-state index contributed by atoms with van der Waals surface area (Å²) in [5.74, 6) is -0.405. The topological polar surface area (TPSA) is 78.9 Å². The van der Waals surface area contributed by atoms with Gasteiger partial charge in [-0.05, 0) is 38.8 Å². The smallest absolute Gasteiger partial charge is 0.329 e. The Morgan fingerprint density at radius 2 is 2.14 bits per heavy atom. The second-order valence-corrected chi connectivity index (χ2v) is 5.19. The number of rotatable bonds is 4. The lowest BCUT2D eigenvalue weighted by Crippen LogP contribution is -2.52. The van der Waals surface area contributed by atoms with Gasteiger partial charge in [0.2, 0.25) is 0 Å². The quantitative estimate of drug-likeness (QED) is 0.894. The molecule has 6 nitrogen and oxygen atoms in total. The van der Waals surface area contributed by atoms with E-state index in [1.54, 1.807) is 25.1 Å². The number of hydrogen-bond donors (Lipinski definition) is 2. The van der Waals surface area contributed by atoms with Crippen LogP contribution in [-0.2, 0) is 4.79 Å². The van der Waals surface area contributed by atoms with Crippen LogP contribution >= 0.6 is 0 Å². The Labute approximate surface area is 123 Å². The molecule has 114 valence electrons. The number of para-hydroxylation sites is 2. The molecule has 1 heterocycles. The molecule has 0 bridgehead atoms. The number of likely N-dealkylation sites (tertiary alicyclic amines) is 1. The van der Waals surface area contributed by atoms with Crippen LogP contribution in [0.15, 0.2) is 24.3 Å². The Morgan fingerprint density at radius 3 is 2.81 bits per heavy atom. The Hall–Kier alpha value is -2.24. The molecule has 1 aromatic carbocycles. The number of urea groups is 1. The largest absolute Gasteiger partial charge is 0.492 e. The summed E-state index contributed by atoms with van der Waals surface area (Å²) in [6, 6.07) is 6.69. The zero-order valence-corrected chi connectivity index (χ0v) is 12.3. The van der Waals surface area contributed by atoms with Gasteiger partial charge in [0.1, 0.15) is 11.3 Å². The molecule has 1 atom stereocenters. The fourth-order valence-corrected chi connectivity index (χ4v) is 2.55. The van der Waals surface area contributed by atoms with Crippen molar-refractivity contribution in [2.75, 3.05) is 18.5 Å². The number of carbonyl (C=O) groups is 2. The Bertz CT molecular complexity index is 546. The summed E-state index contributed by atoms with van der Waals surface area (Å²) in [4.78, 5) is 25.2. The number of amides is 2. The molecule has 0 aliphatic carbocycles. The first-order valence-corrected chi connectivity index (χ1v) is 7.03. The molecule has 21 heavy (non-hydrogen) atoms. The fourth-order valence-electron chi connectivity index (χ4n) is 2.55. The zero-order valence-electron chi connectivity index (χ0n) is 12.3. The normalized spacial score (nSPS) is 21.1. The first-order chi connectivity index (χ1) is 9.99. The van der Waals surface area contributed by atoms with E-state index in [2.05, 4.69) is 5.32 Å². The summed E-state index contributed by atoms with van der Waals surface area (Å²) in [6.07, 6.45) is 1.15.